The van der Waals surface area contributed by atoms with Gasteiger partial charge in [-0.25, -0.2) is 0 Å². The Morgan fingerprint density at radius 3 is 2.50 bits per heavy atom. The fraction of sp³-hybridized carbons (Fsp3) is 0.273. The van der Waals surface area contributed by atoms with Crippen LogP contribution in [0.1, 0.15) is 25.8 Å². The van der Waals surface area contributed by atoms with Crippen LogP contribution in [0.15, 0.2) is 30.2 Å². The van der Waals surface area contributed by atoms with Crippen molar-refractivity contribution in [2.45, 2.75) is 18.8 Å². The highest BCUT2D eigenvalue weighted by molar-refractivity contribution is 6.08. The Balaban J connectivity index is 2.77. The number of benzene rings is 1. The van der Waals surface area contributed by atoms with E-state index in [1.54, 1.807) is 0 Å². The molecule has 3 heteroatoms. The molecule has 1 atom stereocenters. The fourth-order valence-corrected chi connectivity index (χ4v) is 1.44. The van der Waals surface area contributed by atoms with Crippen molar-refractivity contribution in [2.75, 3.05) is 0 Å². The van der Waals surface area contributed by atoms with E-state index >= 15 is 0 Å². The van der Waals surface area contributed by atoms with Crippen molar-refractivity contribution in [1.82, 2.24) is 5.32 Å². The van der Waals surface area contributed by atoms with Crippen LogP contribution in [-0.4, -0.2) is 11.8 Å². The molecule has 0 aliphatic carbocycles. The number of imide groups is 1. The molecule has 1 fully saturated rings. The van der Waals surface area contributed by atoms with Crippen LogP contribution >= 0.6 is 0 Å². The third-order valence-electron chi connectivity index (χ3n) is 2.32. The molecule has 0 spiro atoms. The van der Waals surface area contributed by atoms with Crippen LogP contribution < -0.4 is 5.32 Å². The van der Waals surface area contributed by atoms with E-state index in [-0.39, 0.29) is 12.0 Å². The Hall–Kier alpha value is -1.64. The molecule has 72 valence electrons. The van der Waals surface area contributed by atoms with Crippen LogP contribution in [0.4, 0.5) is 0 Å². The second-order valence-corrected chi connectivity index (χ2v) is 3.39. The lowest BCUT2D eigenvalue weighted by Gasteiger charge is -2.19. The van der Waals surface area contributed by atoms with Crippen molar-refractivity contribution in [3.63, 3.8) is 0 Å². The van der Waals surface area contributed by atoms with Gasteiger partial charge in [0.05, 0.1) is 12.3 Å². The number of hydrogen-bond donors (Lipinski definition) is 1. The molecule has 0 radical (unpaired) electrons. The minimum absolute atomic E-state index is 0.137. The van der Waals surface area contributed by atoms with Gasteiger partial charge in [0.2, 0.25) is 11.8 Å². The van der Waals surface area contributed by atoms with E-state index in [1.165, 1.54) is 6.92 Å². The minimum Gasteiger partial charge on any atom is -0.296 e. The zero-order chi connectivity index (χ0) is 14.5. The average Bonchev–Trinajstić information content (AvgIpc) is 2.58. The molecular weight excluding hydrogens is 178 g/mol. The quantitative estimate of drug-likeness (QED) is 0.678. The fourth-order valence-electron chi connectivity index (χ4n) is 1.44. The van der Waals surface area contributed by atoms with Crippen molar-refractivity contribution < 1.29 is 16.4 Å². The summed E-state index contributed by atoms with van der Waals surface area (Å²) in [6, 6.07) is -2.43. The Bertz CT molecular complexity index is 587. The molecule has 1 aliphatic heterocycles. The molecule has 2 rings (SSSR count). The third-order valence-corrected chi connectivity index (χ3v) is 2.32. The lowest BCUT2D eigenvalue weighted by Crippen LogP contribution is -2.32. The summed E-state index contributed by atoms with van der Waals surface area (Å²) in [4.78, 5) is 23.2. The van der Waals surface area contributed by atoms with E-state index in [4.69, 9.17) is 6.85 Å². The Morgan fingerprint density at radius 1 is 1.36 bits per heavy atom. The molecular formula is C11H11NO2. The summed E-state index contributed by atoms with van der Waals surface area (Å²) in [6.07, 6.45) is -0.222. The van der Waals surface area contributed by atoms with Crippen LogP contribution in [0.2, 0.25) is 0 Å². The van der Waals surface area contributed by atoms with E-state index in [9.17, 15) is 9.59 Å². The lowest BCUT2D eigenvalue weighted by molar-refractivity contribution is -0.126. The Morgan fingerprint density at radius 2 is 2.00 bits per heavy atom. The zero-order valence-corrected chi connectivity index (χ0v) is 7.52. The first-order valence-corrected chi connectivity index (χ1v) is 4.12. The number of amides is 2. The monoisotopic (exact) mass is 194 g/mol. The summed E-state index contributed by atoms with van der Waals surface area (Å²) in [5.41, 5.74) is -1.56. The SMILES string of the molecule is [2H]c1c([2H])c([2H])c(C2(C)CC(=O)NC2=O)c([2H])c1[2H]. The molecule has 3 nitrogen and oxygen atoms in total. The van der Waals surface area contributed by atoms with E-state index in [1.807, 2.05) is 0 Å². The van der Waals surface area contributed by atoms with Gasteiger partial charge in [0.15, 0.2) is 0 Å². The van der Waals surface area contributed by atoms with Gasteiger partial charge in [-0.3, -0.25) is 14.9 Å². The van der Waals surface area contributed by atoms with Gasteiger partial charge in [0, 0.05) is 6.42 Å². The van der Waals surface area contributed by atoms with Crippen LogP contribution in [-0.2, 0) is 15.0 Å². The van der Waals surface area contributed by atoms with Crippen molar-refractivity contribution in [3.8, 4) is 0 Å². The van der Waals surface area contributed by atoms with Gasteiger partial charge in [-0.15, -0.1) is 0 Å². The van der Waals surface area contributed by atoms with Crippen molar-refractivity contribution in [1.29, 1.82) is 0 Å². The van der Waals surface area contributed by atoms with E-state index in [0.29, 0.717) is 0 Å². The molecule has 14 heavy (non-hydrogen) atoms. The van der Waals surface area contributed by atoms with E-state index < -0.39 is 47.4 Å². The van der Waals surface area contributed by atoms with Crippen molar-refractivity contribution >= 4 is 11.8 Å². The predicted octanol–water partition coefficient (Wildman–Crippen LogP) is 0.991. The summed E-state index contributed by atoms with van der Waals surface area (Å²) in [6.45, 7) is 1.40. The van der Waals surface area contributed by atoms with Gasteiger partial charge >= 0.3 is 0 Å². The predicted molar refractivity (Wildman–Crippen MR) is 51.6 cm³/mol. The number of carbonyl (C=O) groups is 2. The lowest BCUT2D eigenvalue weighted by atomic mass is 9.81. The van der Waals surface area contributed by atoms with Crippen LogP contribution in [0.25, 0.3) is 0 Å². The minimum atomic E-state index is -1.43. The first-order chi connectivity index (χ1) is 8.70. The average molecular weight is 194 g/mol. The third kappa shape index (κ3) is 1.21. The van der Waals surface area contributed by atoms with Gasteiger partial charge in [-0.2, -0.15) is 0 Å². The van der Waals surface area contributed by atoms with E-state index in [0.717, 1.165) is 0 Å². The second kappa shape index (κ2) is 2.94. The summed E-state index contributed by atoms with van der Waals surface area (Å²) >= 11 is 0. The number of nitrogens with one attached hydrogen (secondary N) is 1. The van der Waals surface area contributed by atoms with Gasteiger partial charge < -0.3 is 0 Å². The summed E-state index contributed by atoms with van der Waals surface area (Å²) < 4.78 is 38.3. The van der Waals surface area contributed by atoms with Crippen LogP contribution in [0.3, 0.4) is 0 Å². The largest absolute Gasteiger partial charge is 0.296 e. The molecule has 1 aromatic rings. The topological polar surface area (TPSA) is 46.2 Å². The maximum atomic E-state index is 11.9. The highest BCUT2D eigenvalue weighted by Crippen LogP contribution is 2.31. The maximum absolute atomic E-state index is 11.9. The van der Waals surface area contributed by atoms with Gasteiger partial charge in [0.1, 0.15) is 0 Å². The van der Waals surface area contributed by atoms with Gasteiger partial charge in [0.25, 0.3) is 0 Å². The summed E-state index contributed by atoms with van der Waals surface area (Å²) in [5, 5.41) is 2.10. The molecule has 1 unspecified atom stereocenters. The molecule has 0 saturated carbocycles. The van der Waals surface area contributed by atoms with Gasteiger partial charge in [-0.1, -0.05) is 30.2 Å². The smallest absolute Gasteiger partial charge is 0.237 e. The standard InChI is InChI=1S/C11H11NO2/c1-11(7-9(13)12-10(11)14)8-5-3-2-4-6-8/h2-6H,7H2,1H3,(H,12,13,14)/i2D,3D,4D,5D,6D. The highest BCUT2D eigenvalue weighted by atomic mass is 16.2. The first-order valence-electron chi connectivity index (χ1n) is 6.62. The van der Waals surface area contributed by atoms with Crippen molar-refractivity contribution in [3.05, 3.63) is 35.8 Å². The molecule has 1 aromatic carbocycles. The Labute approximate surface area is 89.1 Å². The van der Waals surface area contributed by atoms with Crippen molar-refractivity contribution in [2.24, 2.45) is 0 Å². The normalized spacial score (nSPS) is 31.4. The zero-order valence-electron chi connectivity index (χ0n) is 12.5. The highest BCUT2D eigenvalue weighted by Gasteiger charge is 2.43. The number of hydrogen-bond acceptors (Lipinski definition) is 2. The molecule has 1 saturated heterocycles. The molecule has 0 bridgehead atoms. The Kier molecular flexibility index (Phi) is 0.994. The van der Waals surface area contributed by atoms with Crippen LogP contribution in [0.5, 0.6) is 0 Å². The molecule has 2 amide bonds. The van der Waals surface area contributed by atoms with Crippen LogP contribution in [0, 0.1) is 0 Å². The molecule has 0 aromatic heterocycles. The molecule has 1 aliphatic rings. The second-order valence-electron chi connectivity index (χ2n) is 3.39. The van der Waals surface area contributed by atoms with Gasteiger partial charge in [-0.05, 0) is 12.5 Å². The number of carbonyl (C=O) groups excluding carboxylic acids is 2. The summed E-state index contributed by atoms with van der Waals surface area (Å²) in [7, 11) is 0. The maximum Gasteiger partial charge on any atom is 0.237 e. The van der Waals surface area contributed by atoms with E-state index in [2.05, 4.69) is 5.32 Å². The molecule has 1 heterocycles. The first kappa shape index (κ1) is 4.73. The number of rotatable bonds is 1. The summed E-state index contributed by atoms with van der Waals surface area (Å²) in [5.74, 6) is -1.16. The molecule has 1 N–H and O–H groups in total.